The fourth-order valence-electron chi connectivity index (χ4n) is 2.09. The van der Waals surface area contributed by atoms with Crippen LogP contribution in [0.5, 0.6) is 0 Å². The van der Waals surface area contributed by atoms with Gasteiger partial charge in [-0.15, -0.1) is 0 Å². The zero-order chi connectivity index (χ0) is 16.8. The van der Waals surface area contributed by atoms with E-state index in [0.29, 0.717) is 28.4 Å². The summed E-state index contributed by atoms with van der Waals surface area (Å²) in [6, 6.07) is 12.3. The minimum absolute atomic E-state index is 0.0178. The lowest BCUT2D eigenvalue weighted by atomic mass is 10.1. The van der Waals surface area contributed by atoms with Crippen molar-refractivity contribution in [1.82, 2.24) is 0 Å². The van der Waals surface area contributed by atoms with Gasteiger partial charge in [0, 0.05) is 17.8 Å². The average Bonchev–Trinajstić information content (AvgIpc) is 2.49. The molecular formula is C18H19ClN2O2. The molecule has 0 bridgehead atoms. The molecule has 23 heavy (non-hydrogen) atoms. The van der Waals surface area contributed by atoms with Gasteiger partial charge in [0.25, 0.3) is 5.91 Å². The van der Waals surface area contributed by atoms with Crippen LogP contribution in [0.1, 0.15) is 35.7 Å². The van der Waals surface area contributed by atoms with E-state index in [0.717, 1.165) is 12.0 Å². The lowest BCUT2D eigenvalue weighted by Crippen LogP contribution is -2.13. The van der Waals surface area contributed by atoms with Crippen molar-refractivity contribution in [2.24, 2.45) is 0 Å². The van der Waals surface area contributed by atoms with Crippen LogP contribution in [0.4, 0.5) is 11.4 Å². The van der Waals surface area contributed by atoms with Gasteiger partial charge in [0.15, 0.2) is 0 Å². The Kier molecular flexibility index (Phi) is 5.77. The molecule has 120 valence electrons. The summed E-state index contributed by atoms with van der Waals surface area (Å²) < 4.78 is 0. The maximum atomic E-state index is 12.2. The van der Waals surface area contributed by atoms with Crippen LogP contribution in [0.15, 0.2) is 42.5 Å². The minimum Gasteiger partial charge on any atom is -0.326 e. The van der Waals surface area contributed by atoms with Crippen molar-refractivity contribution >= 4 is 34.8 Å². The highest BCUT2D eigenvalue weighted by atomic mass is 35.5. The van der Waals surface area contributed by atoms with Gasteiger partial charge in [0.05, 0.1) is 10.6 Å². The largest absolute Gasteiger partial charge is 0.326 e. The number of amides is 2. The van der Waals surface area contributed by atoms with E-state index in [2.05, 4.69) is 10.6 Å². The van der Waals surface area contributed by atoms with Crippen molar-refractivity contribution in [3.63, 3.8) is 0 Å². The molecule has 0 atom stereocenters. The Morgan fingerprint density at radius 1 is 1.00 bits per heavy atom. The van der Waals surface area contributed by atoms with E-state index in [-0.39, 0.29) is 11.8 Å². The molecule has 4 nitrogen and oxygen atoms in total. The summed E-state index contributed by atoms with van der Waals surface area (Å²) in [6.45, 7) is 3.87. The Hall–Kier alpha value is -2.33. The first-order valence-corrected chi connectivity index (χ1v) is 7.85. The van der Waals surface area contributed by atoms with Crippen molar-refractivity contribution < 1.29 is 9.59 Å². The van der Waals surface area contributed by atoms with Gasteiger partial charge >= 0.3 is 0 Å². The summed E-state index contributed by atoms with van der Waals surface area (Å²) in [7, 11) is 0. The van der Waals surface area contributed by atoms with Crippen molar-refractivity contribution in [2.45, 2.75) is 26.7 Å². The monoisotopic (exact) mass is 330 g/mol. The van der Waals surface area contributed by atoms with E-state index in [9.17, 15) is 9.59 Å². The SMILES string of the molecule is CCCC(=O)Nc1ccc(NC(=O)c2ccc(C)cc2Cl)cc1. The molecule has 0 unspecified atom stereocenters. The number of carbonyl (C=O) groups is 2. The van der Waals surface area contributed by atoms with Crippen LogP contribution in [-0.2, 0) is 4.79 Å². The zero-order valence-electron chi connectivity index (χ0n) is 13.2. The minimum atomic E-state index is -0.266. The molecule has 0 aliphatic rings. The summed E-state index contributed by atoms with van der Waals surface area (Å²) >= 11 is 6.09. The second kappa shape index (κ2) is 7.79. The number of hydrogen-bond acceptors (Lipinski definition) is 2. The van der Waals surface area contributed by atoms with Gasteiger partial charge in [0.1, 0.15) is 0 Å². The third kappa shape index (κ3) is 4.83. The molecule has 0 aliphatic carbocycles. The van der Waals surface area contributed by atoms with Crippen LogP contribution in [0.25, 0.3) is 0 Å². The number of rotatable bonds is 5. The molecule has 0 radical (unpaired) electrons. The predicted octanol–water partition coefficient (Wildman–Crippen LogP) is 4.64. The molecule has 0 fully saturated rings. The maximum Gasteiger partial charge on any atom is 0.257 e. The van der Waals surface area contributed by atoms with Crippen LogP contribution in [-0.4, -0.2) is 11.8 Å². The lowest BCUT2D eigenvalue weighted by Gasteiger charge is -2.09. The van der Waals surface area contributed by atoms with Crippen LogP contribution in [0.2, 0.25) is 5.02 Å². The fraction of sp³-hybridized carbons (Fsp3) is 0.222. The molecular weight excluding hydrogens is 312 g/mol. The second-order valence-electron chi connectivity index (χ2n) is 5.31. The highest BCUT2D eigenvalue weighted by Gasteiger charge is 2.10. The lowest BCUT2D eigenvalue weighted by molar-refractivity contribution is -0.116. The van der Waals surface area contributed by atoms with Crippen molar-refractivity contribution in [2.75, 3.05) is 10.6 Å². The third-order valence-corrected chi connectivity index (χ3v) is 3.59. The van der Waals surface area contributed by atoms with Crippen LogP contribution >= 0.6 is 11.6 Å². The Labute approximate surface area is 140 Å². The first-order chi connectivity index (χ1) is 11.0. The molecule has 0 spiro atoms. The molecule has 0 aliphatic heterocycles. The van der Waals surface area contributed by atoms with E-state index in [1.54, 1.807) is 36.4 Å². The average molecular weight is 331 g/mol. The first-order valence-electron chi connectivity index (χ1n) is 7.47. The highest BCUT2D eigenvalue weighted by Crippen LogP contribution is 2.20. The number of carbonyl (C=O) groups excluding carboxylic acids is 2. The van der Waals surface area contributed by atoms with Crippen LogP contribution in [0.3, 0.4) is 0 Å². The molecule has 5 heteroatoms. The van der Waals surface area contributed by atoms with E-state index < -0.39 is 0 Å². The smallest absolute Gasteiger partial charge is 0.257 e. The van der Waals surface area contributed by atoms with E-state index >= 15 is 0 Å². The summed E-state index contributed by atoms with van der Waals surface area (Å²) in [5.74, 6) is -0.284. The van der Waals surface area contributed by atoms with E-state index in [1.807, 2.05) is 19.9 Å². The van der Waals surface area contributed by atoms with Gasteiger partial charge in [-0.3, -0.25) is 9.59 Å². The zero-order valence-corrected chi connectivity index (χ0v) is 13.9. The number of halogens is 1. The van der Waals surface area contributed by atoms with E-state index in [1.165, 1.54) is 0 Å². The van der Waals surface area contributed by atoms with Gasteiger partial charge < -0.3 is 10.6 Å². The number of aryl methyl sites for hydroxylation is 1. The third-order valence-electron chi connectivity index (χ3n) is 3.27. The maximum absolute atomic E-state index is 12.2. The number of anilines is 2. The van der Waals surface area contributed by atoms with Crippen LogP contribution < -0.4 is 10.6 Å². The molecule has 2 N–H and O–H groups in total. The molecule has 2 aromatic carbocycles. The Bertz CT molecular complexity index is 711. The predicted molar refractivity (Wildman–Crippen MR) is 94.1 cm³/mol. The molecule has 0 aromatic heterocycles. The standard InChI is InChI=1S/C18H19ClN2O2/c1-3-4-17(22)20-13-6-8-14(9-7-13)21-18(23)15-10-5-12(2)11-16(15)19/h5-11H,3-4H2,1-2H3,(H,20,22)(H,21,23). The van der Waals surface area contributed by atoms with Gasteiger partial charge in [-0.25, -0.2) is 0 Å². The quantitative estimate of drug-likeness (QED) is 0.839. The summed E-state index contributed by atoms with van der Waals surface area (Å²) in [4.78, 5) is 23.8. The number of benzene rings is 2. The molecule has 0 heterocycles. The number of hydrogen-bond donors (Lipinski definition) is 2. The van der Waals surface area contributed by atoms with Crippen molar-refractivity contribution in [3.05, 3.63) is 58.6 Å². The normalized spacial score (nSPS) is 10.2. The Balaban J connectivity index is 2.03. The second-order valence-corrected chi connectivity index (χ2v) is 5.72. The first kappa shape index (κ1) is 17.0. The summed E-state index contributed by atoms with van der Waals surface area (Å²) in [6.07, 6.45) is 1.29. The molecule has 2 amide bonds. The topological polar surface area (TPSA) is 58.2 Å². The van der Waals surface area contributed by atoms with Gasteiger partial charge in [-0.2, -0.15) is 0 Å². The molecule has 2 aromatic rings. The summed E-state index contributed by atoms with van der Waals surface area (Å²) in [5.41, 5.74) is 2.77. The summed E-state index contributed by atoms with van der Waals surface area (Å²) in [5, 5.41) is 6.01. The van der Waals surface area contributed by atoms with Crippen molar-refractivity contribution in [1.29, 1.82) is 0 Å². The van der Waals surface area contributed by atoms with E-state index in [4.69, 9.17) is 11.6 Å². The van der Waals surface area contributed by atoms with Crippen LogP contribution in [0, 0.1) is 6.92 Å². The van der Waals surface area contributed by atoms with Crippen molar-refractivity contribution in [3.8, 4) is 0 Å². The molecule has 0 saturated carbocycles. The van der Waals surface area contributed by atoms with Gasteiger partial charge in [0.2, 0.25) is 5.91 Å². The Morgan fingerprint density at radius 2 is 1.61 bits per heavy atom. The van der Waals surface area contributed by atoms with Gasteiger partial charge in [-0.05, 0) is 55.3 Å². The number of nitrogens with one attached hydrogen (secondary N) is 2. The molecule has 2 rings (SSSR count). The Morgan fingerprint density at radius 3 is 2.17 bits per heavy atom. The molecule has 0 saturated heterocycles. The van der Waals surface area contributed by atoms with Gasteiger partial charge in [-0.1, -0.05) is 24.6 Å². The highest BCUT2D eigenvalue weighted by molar-refractivity contribution is 6.34. The fourth-order valence-corrected chi connectivity index (χ4v) is 2.41.